The maximum Gasteiger partial charge on any atom is 0.240 e. The predicted octanol–water partition coefficient (Wildman–Crippen LogP) is 1.47. The van der Waals surface area contributed by atoms with Crippen molar-refractivity contribution in [3.05, 3.63) is 29.8 Å². The van der Waals surface area contributed by atoms with E-state index in [1.807, 2.05) is 13.8 Å². The van der Waals surface area contributed by atoms with Gasteiger partial charge in [-0.2, -0.15) is 0 Å². The zero-order valence-electron chi connectivity index (χ0n) is 12.7. The lowest BCUT2D eigenvalue weighted by Gasteiger charge is -2.21. The largest absolute Gasteiger partial charge is 0.324 e. The minimum atomic E-state index is -3.46. The average Bonchev–Trinajstić information content (AvgIpc) is 2.90. The molecule has 1 aromatic carbocycles. The maximum absolute atomic E-state index is 12.3. The molecule has 1 aliphatic heterocycles. The molecule has 6 heteroatoms. The normalized spacial score (nSPS) is 19.6. The Balaban J connectivity index is 1.99. The van der Waals surface area contributed by atoms with E-state index in [4.69, 9.17) is 5.73 Å². The first-order valence-corrected chi connectivity index (χ1v) is 8.97. The monoisotopic (exact) mass is 311 g/mol. The highest BCUT2D eigenvalue weighted by atomic mass is 32.2. The van der Waals surface area contributed by atoms with E-state index in [9.17, 15) is 8.42 Å². The van der Waals surface area contributed by atoms with Gasteiger partial charge in [0, 0.05) is 18.6 Å². The first-order valence-electron chi connectivity index (χ1n) is 7.49. The molecule has 0 radical (unpaired) electrons. The molecule has 5 nitrogen and oxygen atoms in total. The number of sulfonamides is 1. The molecule has 21 heavy (non-hydrogen) atoms. The van der Waals surface area contributed by atoms with Crippen molar-refractivity contribution in [3.8, 4) is 0 Å². The molecule has 2 unspecified atom stereocenters. The van der Waals surface area contributed by atoms with Crippen LogP contribution < -0.4 is 10.5 Å². The second-order valence-corrected chi connectivity index (χ2v) is 7.60. The van der Waals surface area contributed by atoms with Gasteiger partial charge in [-0.1, -0.05) is 12.1 Å². The van der Waals surface area contributed by atoms with Crippen molar-refractivity contribution in [2.75, 3.05) is 19.6 Å². The molecular weight excluding hydrogens is 286 g/mol. The van der Waals surface area contributed by atoms with Gasteiger partial charge in [0.25, 0.3) is 0 Å². The molecule has 0 aliphatic carbocycles. The van der Waals surface area contributed by atoms with Crippen LogP contribution in [0.15, 0.2) is 29.2 Å². The van der Waals surface area contributed by atoms with E-state index in [0.29, 0.717) is 4.90 Å². The summed E-state index contributed by atoms with van der Waals surface area (Å²) in [5.74, 6) is 0. The van der Waals surface area contributed by atoms with Crippen molar-refractivity contribution in [2.45, 2.75) is 43.7 Å². The highest BCUT2D eigenvalue weighted by molar-refractivity contribution is 7.89. The Kier molecular flexibility index (Phi) is 5.37. The van der Waals surface area contributed by atoms with Gasteiger partial charge in [-0.25, -0.2) is 13.1 Å². The van der Waals surface area contributed by atoms with Crippen molar-refractivity contribution in [2.24, 2.45) is 5.73 Å². The SMILES string of the molecule is CC(CN1CCCC1)NS(=O)(=O)c1ccc(C(C)N)cc1. The summed E-state index contributed by atoms with van der Waals surface area (Å²) in [5.41, 5.74) is 6.70. The Hall–Kier alpha value is -0.950. The molecular formula is C15H25N3O2S. The van der Waals surface area contributed by atoms with Crippen LogP contribution in [0.5, 0.6) is 0 Å². The molecule has 1 aliphatic rings. The van der Waals surface area contributed by atoms with Gasteiger partial charge in [-0.05, 0) is 57.5 Å². The van der Waals surface area contributed by atoms with Crippen LogP contribution in [0.25, 0.3) is 0 Å². The van der Waals surface area contributed by atoms with E-state index in [-0.39, 0.29) is 12.1 Å². The van der Waals surface area contributed by atoms with E-state index in [2.05, 4.69) is 9.62 Å². The standard InChI is InChI=1S/C15H25N3O2S/c1-12(11-18-9-3-4-10-18)17-21(19,20)15-7-5-14(6-8-15)13(2)16/h5-8,12-13,17H,3-4,9-11,16H2,1-2H3. The van der Waals surface area contributed by atoms with Crippen LogP contribution in [0, 0.1) is 0 Å². The van der Waals surface area contributed by atoms with Crippen molar-refractivity contribution in [1.29, 1.82) is 0 Å². The van der Waals surface area contributed by atoms with Crippen molar-refractivity contribution >= 4 is 10.0 Å². The van der Waals surface area contributed by atoms with Crippen LogP contribution in [0.3, 0.4) is 0 Å². The molecule has 0 spiro atoms. The van der Waals surface area contributed by atoms with Gasteiger partial charge in [0.1, 0.15) is 0 Å². The summed E-state index contributed by atoms with van der Waals surface area (Å²) in [7, 11) is -3.46. The molecule has 3 N–H and O–H groups in total. The zero-order chi connectivity index (χ0) is 15.5. The number of nitrogens with one attached hydrogen (secondary N) is 1. The summed E-state index contributed by atoms with van der Waals surface area (Å²) in [6.07, 6.45) is 2.41. The first-order chi connectivity index (χ1) is 9.88. The molecule has 2 atom stereocenters. The molecule has 1 fully saturated rings. The highest BCUT2D eigenvalue weighted by Crippen LogP contribution is 2.15. The Bertz CT molecular complexity index is 549. The number of benzene rings is 1. The fraction of sp³-hybridized carbons (Fsp3) is 0.600. The molecule has 1 saturated heterocycles. The molecule has 0 aromatic heterocycles. The second-order valence-electron chi connectivity index (χ2n) is 5.89. The Morgan fingerprint density at radius 3 is 2.29 bits per heavy atom. The molecule has 0 bridgehead atoms. The number of rotatable bonds is 6. The van der Waals surface area contributed by atoms with E-state index >= 15 is 0 Å². The minimum absolute atomic E-state index is 0.0937. The third kappa shape index (κ3) is 4.51. The van der Waals surface area contributed by atoms with Crippen LogP contribution >= 0.6 is 0 Å². The smallest absolute Gasteiger partial charge is 0.240 e. The lowest BCUT2D eigenvalue weighted by Crippen LogP contribution is -2.41. The molecule has 0 saturated carbocycles. The number of nitrogens with zero attached hydrogens (tertiary/aromatic N) is 1. The molecule has 1 aromatic rings. The summed E-state index contributed by atoms with van der Waals surface area (Å²) in [6.45, 7) is 6.67. The summed E-state index contributed by atoms with van der Waals surface area (Å²) in [4.78, 5) is 2.59. The quantitative estimate of drug-likeness (QED) is 0.834. The topological polar surface area (TPSA) is 75.4 Å². The zero-order valence-corrected chi connectivity index (χ0v) is 13.6. The van der Waals surface area contributed by atoms with E-state index in [1.54, 1.807) is 24.3 Å². The number of nitrogens with two attached hydrogens (primary N) is 1. The number of hydrogen-bond acceptors (Lipinski definition) is 4. The van der Waals surface area contributed by atoms with E-state index in [0.717, 1.165) is 25.2 Å². The van der Waals surface area contributed by atoms with Crippen LogP contribution in [-0.2, 0) is 10.0 Å². The van der Waals surface area contributed by atoms with Gasteiger partial charge in [0.15, 0.2) is 0 Å². The van der Waals surface area contributed by atoms with Crippen LogP contribution in [-0.4, -0.2) is 39.0 Å². The summed E-state index contributed by atoms with van der Waals surface area (Å²) in [5, 5.41) is 0. The van der Waals surface area contributed by atoms with Gasteiger partial charge in [-0.15, -0.1) is 0 Å². The van der Waals surface area contributed by atoms with E-state index in [1.165, 1.54) is 12.8 Å². The van der Waals surface area contributed by atoms with Crippen LogP contribution in [0.4, 0.5) is 0 Å². The molecule has 1 heterocycles. The fourth-order valence-corrected chi connectivity index (χ4v) is 3.91. The highest BCUT2D eigenvalue weighted by Gasteiger charge is 2.20. The minimum Gasteiger partial charge on any atom is -0.324 e. The van der Waals surface area contributed by atoms with Crippen molar-refractivity contribution < 1.29 is 8.42 Å². The third-order valence-corrected chi connectivity index (χ3v) is 5.41. The van der Waals surface area contributed by atoms with Gasteiger partial charge >= 0.3 is 0 Å². The summed E-state index contributed by atoms with van der Waals surface area (Å²) >= 11 is 0. The van der Waals surface area contributed by atoms with Crippen LogP contribution in [0.2, 0.25) is 0 Å². The second kappa shape index (κ2) is 6.87. The van der Waals surface area contributed by atoms with Crippen LogP contribution in [0.1, 0.15) is 38.3 Å². The van der Waals surface area contributed by atoms with Gasteiger partial charge in [0.2, 0.25) is 10.0 Å². The summed E-state index contributed by atoms with van der Waals surface area (Å²) < 4.78 is 27.4. The molecule has 0 amide bonds. The van der Waals surface area contributed by atoms with Crippen molar-refractivity contribution in [1.82, 2.24) is 9.62 Å². The first kappa shape index (κ1) is 16.4. The Labute approximate surface area is 127 Å². The van der Waals surface area contributed by atoms with Crippen molar-refractivity contribution in [3.63, 3.8) is 0 Å². The third-order valence-electron chi connectivity index (χ3n) is 3.80. The van der Waals surface area contributed by atoms with E-state index < -0.39 is 10.0 Å². The maximum atomic E-state index is 12.3. The van der Waals surface area contributed by atoms with Gasteiger partial charge < -0.3 is 10.6 Å². The predicted molar refractivity (Wildman–Crippen MR) is 84.5 cm³/mol. The fourth-order valence-electron chi connectivity index (χ4n) is 2.67. The Morgan fingerprint density at radius 1 is 1.19 bits per heavy atom. The average molecular weight is 311 g/mol. The van der Waals surface area contributed by atoms with Gasteiger partial charge in [-0.3, -0.25) is 0 Å². The lowest BCUT2D eigenvalue weighted by atomic mass is 10.1. The Morgan fingerprint density at radius 2 is 1.76 bits per heavy atom. The summed E-state index contributed by atoms with van der Waals surface area (Å²) in [6, 6.07) is 6.58. The molecule has 2 rings (SSSR count). The number of likely N-dealkylation sites (tertiary alicyclic amines) is 1. The molecule has 118 valence electrons. The van der Waals surface area contributed by atoms with Gasteiger partial charge in [0.05, 0.1) is 4.90 Å². The number of hydrogen-bond donors (Lipinski definition) is 2. The lowest BCUT2D eigenvalue weighted by molar-refractivity contribution is 0.313.